The summed E-state index contributed by atoms with van der Waals surface area (Å²) in [6, 6.07) is 1.22. The van der Waals surface area contributed by atoms with Crippen LogP contribution >= 0.6 is 0 Å². The third-order valence-electron chi connectivity index (χ3n) is 3.92. The minimum atomic E-state index is -0.734. The van der Waals surface area contributed by atoms with Crippen LogP contribution in [0.1, 0.15) is 30.9 Å². The van der Waals surface area contributed by atoms with Crippen LogP contribution in [0.15, 0.2) is 23.3 Å². The molecule has 136 valence electrons. The lowest BCUT2D eigenvalue weighted by molar-refractivity contribution is -0.386. The van der Waals surface area contributed by atoms with Crippen molar-refractivity contribution in [2.24, 2.45) is 5.92 Å². The van der Waals surface area contributed by atoms with Gasteiger partial charge in [0.25, 0.3) is 0 Å². The lowest BCUT2D eigenvalue weighted by Crippen LogP contribution is -2.23. The highest BCUT2D eigenvalue weighted by atomic mass is 19.1. The second-order valence-corrected chi connectivity index (χ2v) is 6.65. The monoisotopic (exact) mass is 359 g/mol. The number of aromatic nitrogens is 4. The SMILES string of the molecule is Cc1cc([N+](=O)[O-])c(=O)n(Cc2nc3c(F)cnc(CC(C)C)c3[nH]2)c1. The molecule has 0 radical (unpaired) electrons. The molecule has 0 aliphatic heterocycles. The lowest BCUT2D eigenvalue weighted by atomic mass is 10.1. The molecule has 3 rings (SSSR count). The standard InChI is InChI=1S/C17H18FN5O3/c1-9(2)4-12-16-15(11(18)6-19-12)20-14(21-16)8-22-7-10(3)5-13(17(22)24)23(25)26/h5-7,9H,4,8H2,1-3H3,(H,20,21). The predicted molar refractivity (Wildman–Crippen MR) is 93.6 cm³/mol. The van der Waals surface area contributed by atoms with Gasteiger partial charge in [0, 0.05) is 12.3 Å². The van der Waals surface area contributed by atoms with Crippen molar-refractivity contribution in [3.8, 4) is 0 Å². The van der Waals surface area contributed by atoms with E-state index < -0.39 is 22.0 Å². The number of fused-ring (bicyclic) bond motifs is 1. The molecule has 0 fully saturated rings. The van der Waals surface area contributed by atoms with E-state index in [9.17, 15) is 19.3 Å². The van der Waals surface area contributed by atoms with Crippen LogP contribution in [0.25, 0.3) is 11.0 Å². The topological polar surface area (TPSA) is 107 Å². The summed E-state index contributed by atoms with van der Waals surface area (Å²) in [5, 5.41) is 11.0. The fourth-order valence-electron chi connectivity index (χ4n) is 2.86. The maximum Gasteiger partial charge on any atom is 0.334 e. The Kier molecular flexibility index (Phi) is 4.54. The van der Waals surface area contributed by atoms with E-state index in [-0.39, 0.29) is 12.1 Å². The summed E-state index contributed by atoms with van der Waals surface area (Å²) >= 11 is 0. The second kappa shape index (κ2) is 6.66. The number of aromatic amines is 1. The number of hydrogen-bond acceptors (Lipinski definition) is 5. The van der Waals surface area contributed by atoms with E-state index >= 15 is 0 Å². The van der Waals surface area contributed by atoms with Crippen LogP contribution in [0.4, 0.5) is 10.1 Å². The summed E-state index contributed by atoms with van der Waals surface area (Å²) in [5.74, 6) is 0.0985. The summed E-state index contributed by atoms with van der Waals surface area (Å²) < 4.78 is 15.3. The van der Waals surface area contributed by atoms with Crippen LogP contribution in [-0.4, -0.2) is 24.4 Å². The van der Waals surface area contributed by atoms with Gasteiger partial charge in [-0.1, -0.05) is 13.8 Å². The summed E-state index contributed by atoms with van der Waals surface area (Å²) in [6.07, 6.45) is 3.29. The maximum absolute atomic E-state index is 14.1. The number of nitrogens with zero attached hydrogens (tertiary/aromatic N) is 4. The maximum atomic E-state index is 14.1. The van der Waals surface area contributed by atoms with Gasteiger partial charge >= 0.3 is 11.2 Å². The molecule has 0 bridgehead atoms. The molecular weight excluding hydrogens is 341 g/mol. The first-order valence-corrected chi connectivity index (χ1v) is 8.13. The highest BCUT2D eigenvalue weighted by molar-refractivity contribution is 5.77. The Morgan fingerprint density at radius 1 is 1.42 bits per heavy atom. The van der Waals surface area contributed by atoms with E-state index in [4.69, 9.17) is 0 Å². The number of imidazole rings is 1. The van der Waals surface area contributed by atoms with Crippen molar-refractivity contribution >= 4 is 16.7 Å². The van der Waals surface area contributed by atoms with E-state index in [0.29, 0.717) is 34.9 Å². The number of nitro groups is 1. The first-order chi connectivity index (χ1) is 12.3. The average molecular weight is 359 g/mol. The molecule has 3 aromatic rings. The molecule has 0 aromatic carbocycles. The van der Waals surface area contributed by atoms with Crippen molar-refractivity contribution < 1.29 is 9.31 Å². The van der Waals surface area contributed by atoms with Crippen molar-refractivity contribution in [1.82, 2.24) is 19.5 Å². The fraction of sp³-hybridized carbons (Fsp3) is 0.353. The molecule has 0 saturated carbocycles. The molecule has 0 amide bonds. The van der Waals surface area contributed by atoms with Gasteiger partial charge in [-0.15, -0.1) is 0 Å². The van der Waals surface area contributed by atoms with Crippen LogP contribution < -0.4 is 5.56 Å². The smallest absolute Gasteiger partial charge is 0.334 e. The zero-order chi connectivity index (χ0) is 19.0. The molecule has 9 heteroatoms. The molecule has 3 heterocycles. The highest BCUT2D eigenvalue weighted by Gasteiger charge is 2.18. The largest absolute Gasteiger partial charge is 0.339 e. The lowest BCUT2D eigenvalue weighted by Gasteiger charge is -2.05. The minimum absolute atomic E-state index is 0.0312. The van der Waals surface area contributed by atoms with Crippen LogP contribution in [-0.2, 0) is 13.0 Å². The van der Waals surface area contributed by atoms with Crippen molar-refractivity contribution in [2.45, 2.75) is 33.7 Å². The summed E-state index contributed by atoms with van der Waals surface area (Å²) in [7, 11) is 0. The Balaban J connectivity index is 2.07. The Morgan fingerprint density at radius 2 is 2.15 bits per heavy atom. The van der Waals surface area contributed by atoms with Crippen molar-refractivity contribution in [3.05, 3.63) is 61.8 Å². The summed E-state index contributed by atoms with van der Waals surface area (Å²) in [5.41, 5.74) is 0.666. The Labute approximate surface area is 147 Å². The molecule has 1 N–H and O–H groups in total. The molecule has 0 atom stereocenters. The molecule has 0 saturated heterocycles. The number of hydrogen-bond donors (Lipinski definition) is 1. The van der Waals surface area contributed by atoms with Crippen molar-refractivity contribution in [3.63, 3.8) is 0 Å². The fourth-order valence-corrected chi connectivity index (χ4v) is 2.86. The van der Waals surface area contributed by atoms with Gasteiger partial charge < -0.3 is 9.55 Å². The van der Waals surface area contributed by atoms with Gasteiger partial charge in [-0.05, 0) is 24.8 Å². The second-order valence-electron chi connectivity index (χ2n) is 6.65. The molecule has 0 unspecified atom stereocenters. The third kappa shape index (κ3) is 3.32. The van der Waals surface area contributed by atoms with Crippen LogP contribution in [0.3, 0.4) is 0 Å². The number of H-pyrrole nitrogens is 1. The first-order valence-electron chi connectivity index (χ1n) is 8.13. The van der Waals surface area contributed by atoms with Gasteiger partial charge in [0.1, 0.15) is 11.3 Å². The van der Waals surface area contributed by atoms with Gasteiger partial charge in [-0.2, -0.15) is 0 Å². The van der Waals surface area contributed by atoms with E-state index in [1.165, 1.54) is 16.8 Å². The van der Waals surface area contributed by atoms with Gasteiger partial charge in [0.2, 0.25) is 0 Å². The molecule has 0 spiro atoms. The zero-order valence-corrected chi connectivity index (χ0v) is 14.6. The molecule has 8 nitrogen and oxygen atoms in total. The summed E-state index contributed by atoms with van der Waals surface area (Å²) in [4.78, 5) is 33.9. The normalized spacial score (nSPS) is 11.4. The summed E-state index contributed by atoms with van der Waals surface area (Å²) in [6.45, 7) is 5.68. The van der Waals surface area contributed by atoms with Crippen LogP contribution in [0.2, 0.25) is 0 Å². The van der Waals surface area contributed by atoms with E-state index in [1.807, 2.05) is 13.8 Å². The Morgan fingerprint density at radius 3 is 2.81 bits per heavy atom. The van der Waals surface area contributed by atoms with Gasteiger partial charge in [-0.3, -0.25) is 19.9 Å². The number of aryl methyl sites for hydroxylation is 1. The average Bonchev–Trinajstić information content (AvgIpc) is 2.97. The Hall–Kier alpha value is -3.10. The van der Waals surface area contributed by atoms with Gasteiger partial charge in [0.15, 0.2) is 5.82 Å². The van der Waals surface area contributed by atoms with Gasteiger partial charge in [-0.25, -0.2) is 9.37 Å². The number of nitrogens with one attached hydrogen (secondary N) is 1. The van der Waals surface area contributed by atoms with E-state index in [2.05, 4.69) is 15.0 Å². The van der Waals surface area contributed by atoms with E-state index in [0.717, 1.165) is 6.20 Å². The van der Waals surface area contributed by atoms with Crippen LogP contribution in [0, 0.1) is 28.8 Å². The highest BCUT2D eigenvalue weighted by Crippen LogP contribution is 2.20. The molecule has 3 aromatic heterocycles. The molecule has 0 aliphatic carbocycles. The van der Waals surface area contributed by atoms with Crippen molar-refractivity contribution in [2.75, 3.05) is 0 Å². The van der Waals surface area contributed by atoms with E-state index in [1.54, 1.807) is 6.92 Å². The number of halogens is 1. The molecular formula is C17H18FN5O3. The van der Waals surface area contributed by atoms with Gasteiger partial charge in [0.05, 0.1) is 28.9 Å². The number of rotatable bonds is 5. The third-order valence-corrected chi connectivity index (χ3v) is 3.92. The number of pyridine rings is 2. The zero-order valence-electron chi connectivity index (χ0n) is 14.6. The molecule has 0 aliphatic rings. The quantitative estimate of drug-likeness (QED) is 0.557. The van der Waals surface area contributed by atoms with Crippen molar-refractivity contribution in [1.29, 1.82) is 0 Å². The molecule has 26 heavy (non-hydrogen) atoms. The predicted octanol–water partition coefficient (Wildman–Crippen LogP) is 2.72. The minimum Gasteiger partial charge on any atom is -0.339 e. The van der Waals surface area contributed by atoms with Crippen LogP contribution in [0.5, 0.6) is 0 Å². The Bertz CT molecular complexity index is 1050. The first kappa shape index (κ1) is 17.7.